The van der Waals surface area contributed by atoms with E-state index in [2.05, 4.69) is 9.71 Å². The Morgan fingerprint density at radius 2 is 2.10 bits per heavy atom. The number of aryl methyl sites for hydroxylation is 1. The molecular weight excluding hydrogens is 296 g/mol. The number of fused-ring (bicyclic) bond motifs is 1. The molecule has 0 aliphatic carbocycles. The number of aromatic nitrogens is 1. The van der Waals surface area contributed by atoms with Crippen molar-refractivity contribution in [1.82, 2.24) is 9.71 Å². The van der Waals surface area contributed by atoms with E-state index in [4.69, 9.17) is 11.6 Å². The van der Waals surface area contributed by atoms with Crippen molar-refractivity contribution in [2.24, 2.45) is 0 Å². The Kier molecular flexibility index (Phi) is 4.62. The zero-order valence-corrected chi connectivity index (χ0v) is 13.0. The molecule has 0 fully saturated rings. The highest BCUT2D eigenvalue weighted by Crippen LogP contribution is 2.24. The molecule has 0 bridgehead atoms. The van der Waals surface area contributed by atoms with Crippen LogP contribution < -0.4 is 4.72 Å². The summed E-state index contributed by atoms with van der Waals surface area (Å²) in [6, 6.07) is 6.90. The Hall–Kier alpha value is -1.17. The maximum atomic E-state index is 12.4. The Labute approximate surface area is 124 Å². The lowest BCUT2D eigenvalue weighted by Crippen LogP contribution is -2.26. The minimum Gasteiger partial charge on any atom is -0.256 e. The molecule has 0 spiro atoms. The molecule has 2 rings (SSSR count). The van der Waals surface area contributed by atoms with Crippen molar-refractivity contribution in [2.75, 3.05) is 6.54 Å². The minimum absolute atomic E-state index is 0.0610. The quantitative estimate of drug-likeness (QED) is 0.864. The van der Waals surface area contributed by atoms with Crippen LogP contribution in [0.4, 0.5) is 0 Å². The topological polar surface area (TPSA) is 59.1 Å². The number of sulfonamides is 1. The first kappa shape index (κ1) is 15.2. The standard InChI is InChI=1S/C14H17ClN2O2S/c1-10-5-6-13(12-4-3-8-16-14(10)12)20(18,19)17-9-7-11(2)15/h3-6,8,11,17H,7,9H2,1-2H3. The van der Waals surface area contributed by atoms with Gasteiger partial charge in [0.1, 0.15) is 0 Å². The van der Waals surface area contributed by atoms with Crippen LogP contribution in [-0.2, 0) is 10.0 Å². The predicted octanol–water partition coefficient (Wildman–Crippen LogP) is 2.84. The number of nitrogens with zero attached hydrogens (tertiary/aromatic N) is 1. The lowest BCUT2D eigenvalue weighted by Gasteiger charge is -2.11. The molecule has 20 heavy (non-hydrogen) atoms. The fraction of sp³-hybridized carbons (Fsp3) is 0.357. The predicted molar refractivity (Wildman–Crippen MR) is 81.6 cm³/mol. The number of alkyl halides is 1. The number of halogens is 1. The highest BCUT2D eigenvalue weighted by Gasteiger charge is 2.18. The molecule has 0 radical (unpaired) electrons. The second-order valence-corrected chi connectivity index (χ2v) is 7.23. The normalized spacial score (nSPS) is 13.6. The third-order valence-corrected chi connectivity index (χ3v) is 4.79. The summed E-state index contributed by atoms with van der Waals surface area (Å²) in [5.74, 6) is 0. The summed E-state index contributed by atoms with van der Waals surface area (Å²) < 4.78 is 27.3. The van der Waals surface area contributed by atoms with Crippen molar-refractivity contribution in [3.63, 3.8) is 0 Å². The van der Waals surface area contributed by atoms with Gasteiger partial charge < -0.3 is 0 Å². The van der Waals surface area contributed by atoms with E-state index in [1.807, 2.05) is 13.8 Å². The van der Waals surface area contributed by atoms with Gasteiger partial charge in [0.05, 0.1) is 10.4 Å². The zero-order valence-electron chi connectivity index (χ0n) is 11.4. The average molecular weight is 313 g/mol. The Morgan fingerprint density at radius 3 is 2.80 bits per heavy atom. The van der Waals surface area contributed by atoms with Crippen LogP contribution in [0.3, 0.4) is 0 Å². The van der Waals surface area contributed by atoms with E-state index in [1.165, 1.54) is 0 Å². The van der Waals surface area contributed by atoms with Gasteiger partial charge in [0.15, 0.2) is 0 Å². The van der Waals surface area contributed by atoms with Gasteiger partial charge in [0.2, 0.25) is 10.0 Å². The molecular formula is C14H17ClN2O2S. The van der Waals surface area contributed by atoms with Crippen molar-refractivity contribution in [2.45, 2.75) is 30.5 Å². The first-order chi connectivity index (χ1) is 9.42. The van der Waals surface area contributed by atoms with Crippen molar-refractivity contribution in [3.8, 4) is 0 Å². The smallest absolute Gasteiger partial charge is 0.241 e. The number of pyridine rings is 1. The van der Waals surface area contributed by atoms with Gasteiger partial charge in [0.25, 0.3) is 0 Å². The summed E-state index contributed by atoms with van der Waals surface area (Å²) in [6.07, 6.45) is 2.25. The van der Waals surface area contributed by atoms with Crippen LogP contribution in [0.2, 0.25) is 0 Å². The number of nitrogens with one attached hydrogen (secondary N) is 1. The molecule has 0 aliphatic rings. The highest BCUT2D eigenvalue weighted by atomic mass is 35.5. The summed E-state index contributed by atoms with van der Waals surface area (Å²) in [7, 11) is -3.55. The van der Waals surface area contributed by atoms with Crippen molar-refractivity contribution in [3.05, 3.63) is 36.0 Å². The monoisotopic (exact) mass is 312 g/mol. The first-order valence-corrected chi connectivity index (χ1v) is 8.32. The molecule has 4 nitrogen and oxygen atoms in total. The summed E-state index contributed by atoms with van der Waals surface area (Å²) >= 11 is 5.82. The third-order valence-electron chi connectivity index (χ3n) is 3.06. The van der Waals surface area contributed by atoms with E-state index in [0.29, 0.717) is 23.9 Å². The second kappa shape index (κ2) is 6.08. The third kappa shape index (κ3) is 3.29. The fourth-order valence-corrected chi connectivity index (χ4v) is 3.34. The Balaban J connectivity index is 2.40. The van der Waals surface area contributed by atoms with Gasteiger partial charge in [-0.1, -0.05) is 6.07 Å². The molecule has 0 aliphatic heterocycles. The van der Waals surface area contributed by atoms with Gasteiger partial charge in [-0.25, -0.2) is 13.1 Å². The molecule has 1 N–H and O–H groups in total. The number of hydrogen-bond donors (Lipinski definition) is 1. The lowest BCUT2D eigenvalue weighted by atomic mass is 10.1. The fourth-order valence-electron chi connectivity index (χ4n) is 1.99. The number of rotatable bonds is 5. The molecule has 1 aromatic carbocycles. The minimum atomic E-state index is -3.55. The van der Waals surface area contributed by atoms with Gasteiger partial charge in [-0.15, -0.1) is 11.6 Å². The maximum Gasteiger partial charge on any atom is 0.241 e. The zero-order chi connectivity index (χ0) is 14.8. The number of hydrogen-bond acceptors (Lipinski definition) is 3. The second-order valence-electron chi connectivity index (χ2n) is 4.75. The highest BCUT2D eigenvalue weighted by molar-refractivity contribution is 7.89. The van der Waals surface area contributed by atoms with Crippen molar-refractivity contribution in [1.29, 1.82) is 0 Å². The first-order valence-electron chi connectivity index (χ1n) is 6.40. The van der Waals surface area contributed by atoms with Crippen LogP contribution in [0.5, 0.6) is 0 Å². The lowest BCUT2D eigenvalue weighted by molar-refractivity contribution is 0.579. The van der Waals surface area contributed by atoms with E-state index in [-0.39, 0.29) is 10.3 Å². The van der Waals surface area contributed by atoms with Gasteiger partial charge in [-0.05, 0) is 44.0 Å². The Bertz CT molecular complexity index is 714. The molecule has 0 saturated heterocycles. The summed E-state index contributed by atoms with van der Waals surface area (Å²) in [4.78, 5) is 4.51. The summed E-state index contributed by atoms with van der Waals surface area (Å²) in [5.41, 5.74) is 1.66. The van der Waals surface area contributed by atoms with Crippen LogP contribution in [0.15, 0.2) is 35.4 Å². The molecule has 0 saturated carbocycles. The van der Waals surface area contributed by atoms with Crippen molar-refractivity contribution < 1.29 is 8.42 Å². The Morgan fingerprint density at radius 1 is 1.35 bits per heavy atom. The molecule has 1 atom stereocenters. The van der Waals surface area contributed by atoms with Gasteiger partial charge in [-0.3, -0.25) is 4.98 Å². The van der Waals surface area contributed by atoms with Crippen LogP contribution in [0.1, 0.15) is 18.9 Å². The van der Waals surface area contributed by atoms with E-state index in [9.17, 15) is 8.42 Å². The number of benzene rings is 1. The van der Waals surface area contributed by atoms with Gasteiger partial charge in [-0.2, -0.15) is 0 Å². The largest absolute Gasteiger partial charge is 0.256 e. The van der Waals surface area contributed by atoms with Crippen LogP contribution in [-0.4, -0.2) is 25.3 Å². The van der Waals surface area contributed by atoms with Crippen molar-refractivity contribution >= 4 is 32.5 Å². The van der Waals surface area contributed by atoms with E-state index < -0.39 is 10.0 Å². The average Bonchev–Trinajstić information content (AvgIpc) is 2.38. The molecule has 1 unspecified atom stereocenters. The molecule has 1 aromatic heterocycles. The maximum absolute atomic E-state index is 12.4. The molecule has 1 heterocycles. The van der Waals surface area contributed by atoms with Gasteiger partial charge >= 0.3 is 0 Å². The van der Waals surface area contributed by atoms with Gasteiger partial charge in [0, 0.05) is 23.5 Å². The van der Waals surface area contributed by atoms with Crippen LogP contribution in [0.25, 0.3) is 10.9 Å². The molecule has 2 aromatic rings. The molecule has 108 valence electrons. The molecule has 6 heteroatoms. The van der Waals surface area contributed by atoms with E-state index >= 15 is 0 Å². The van der Waals surface area contributed by atoms with E-state index in [0.717, 1.165) is 5.56 Å². The molecule has 0 amide bonds. The van der Waals surface area contributed by atoms with Crippen LogP contribution in [0, 0.1) is 6.92 Å². The summed E-state index contributed by atoms with van der Waals surface area (Å²) in [6.45, 7) is 4.07. The summed E-state index contributed by atoms with van der Waals surface area (Å²) in [5, 5.41) is 0.577. The van der Waals surface area contributed by atoms with E-state index in [1.54, 1.807) is 30.5 Å². The SMILES string of the molecule is Cc1ccc(S(=O)(=O)NCCC(C)Cl)c2cccnc12. The van der Waals surface area contributed by atoms with Crippen LogP contribution >= 0.6 is 11.6 Å².